The van der Waals surface area contributed by atoms with Crippen molar-refractivity contribution in [1.82, 2.24) is 31.2 Å². The molecular formula is C35H52N6O7. The van der Waals surface area contributed by atoms with Crippen LogP contribution in [0.2, 0.25) is 0 Å². The van der Waals surface area contributed by atoms with Gasteiger partial charge >= 0.3 is 6.03 Å². The molecule has 1 saturated carbocycles. The number of piperidine rings is 1. The van der Waals surface area contributed by atoms with Gasteiger partial charge in [-0.15, -0.1) is 6.58 Å². The number of carbonyl (C=O) groups is 6. The van der Waals surface area contributed by atoms with Crippen LogP contribution in [0.15, 0.2) is 30.9 Å². The number of ketones is 2. The number of pyridine rings is 1. The average molecular weight is 669 g/mol. The van der Waals surface area contributed by atoms with Gasteiger partial charge in [0, 0.05) is 19.2 Å². The lowest BCUT2D eigenvalue weighted by Crippen LogP contribution is -2.62. The predicted molar refractivity (Wildman–Crippen MR) is 180 cm³/mol. The molecule has 4 N–H and O–H groups in total. The Morgan fingerprint density at radius 2 is 1.77 bits per heavy atom. The maximum absolute atomic E-state index is 14.3. The highest BCUT2D eigenvalue weighted by Crippen LogP contribution is 2.65. The molecule has 2 heterocycles. The van der Waals surface area contributed by atoms with Crippen LogP contribution >= 0.6 is 0 Å². The van der Waals surface area contributed by atoms with E-state index in [1.54, 1.807) is 52.8 Å². The first kappa shape index (κ1) is 38.2. The molecule has 0 bridgehead atoms. The Balaban J connectivity index is 1.83. The van der Waals surface area contributed by atoms with Crippen molar-refractivity contribution in [2.24, 2.45) is 28.6 Å². The number of nitrogens with zero attached hydrogens (tertiary/aromatic N) is 2. The zero-order valence-electron chi connectivity index (χ0n) is 29.6. The zero-order valence-corrected chi connectivity index (χ0v) is 29.6. The molecule has 0 aromatic carbocycles. The largest absolute Gasteiger partial charge is 0.481 e. The summed E-state index contributed by atoms with van der Waals surface area (Å²) in [4.78, 5) is 86.2. The fourth-order valence-corrected chi connectivity index (χ4v) is 6.53. The Morgan fingerprint density at radius 1 is 1.10 bits per heavy atom. The fourth-order valence-electron chi connectivity index (χ4n) is 6.53. The smallest absolute Gasteiger partial charge is 0.316 e. The van der Waals surface area contributed by atoms with Gasteiger partial charge < -0.3 is 30.9 Å². The SMILES string of the molecule is C=CCNC(=O)C(=O)C(CCC)NC(=O)[C@@H]1[C@@H]2[C@H](CN1C(=O)[C@@H](NC(=O)N[C@H](C(=O)c1cccc(OC)n1)C(C)C)C(C)(C)C)C2(C)C. The summed E-state index contributed by atoms with van der Waals surface area (Å²) < 4.78 is 5.14. The molecule has 2 aliphatic rings. The molecule has 6 atom stereocenters. The number of fused-ring (bicyclic) bond motifs is 1. The molecule has 1 aliphatic carbocycles. The van der Waals surface area contributed by atoms with Gasteiger partial charge in [0.15, 0.2) is 0 Å². The van der Waals surface area contributed by atoms with E-state index in [2.05, 4.69) is 32.8 Å². The van der Waals surface area contributed by atoms with Crippen molar-refractivity contribution in [2.75, 3.05) is 20.2 Å². The molecule has 1 aromatic rings. The van der Waals surface area contributed by atoms with E-state index in [1.807, 2.05) is 20.8 Å². The number of hydrogen-bond donors (Lipinski definition) is 4. The van der Waals surface area contributed by atoms with Gasteiger partial charge in [-0.3, -0.25) is 24.0 Å². The standard InChI is InChI=1S/C35H52N6O7/c1-11-14-21(28(43)31(45)36-17-12-2)38-30(44)26-24-20(35(24,8)9)18-41(26)32(46)29(34(5,6)7)40-33(47)39-25(19(3)4)27(42)22-15-13-16-23(37-22)48-10/h12-13,15-16,19-21,24-26,29H,2,11,14,17-18H2,1,3-10H3,(H,36,45)(H,38,44)(H2,39,40,47)/t20-,21?,24-,25-,26-,29+/m0/s1. The van der Waals surface area contributed by atoms with Crippen LogP contribution in [0.25, 0.3) is 0 Å². The molecule has 1 aromatic heterocycles. The third-order valence-electron chi connectivity index (χ3n) is 9.41. The highest BCUT2D eigenvalue weighted by molar-refractivity contribution is 6.38. The summed E-state index contributed by atoms with van der Waals surface area (Å²) in [6.07, 6.45) is 2.24. The number of rotatable bonds is 15. The molecule has 0 radical (unpaired) electrons. The first-order valence-corrected chi connectivity index (χ1v) is 16.6. The maximum Gasteiger partial charge on any atom is 0.316 e. The number of likely N-dealkylation sites (tertiary alicyclic amines) is 1. The summed E-state index contributed by atoms with van der Waals surface area (Å²) in [7, 11) is 1.44. The van der Waals surface area contributed by atoms with E-state index in [1.165, 1.54) is 18.1 Å². The quantitative estimate of drug-likeness (QED) is 0.125. The molecule has 5 amide bonds. The van der Waals surface area contributed by atoms with Crippen LogP contribution in [0.3, 0.4) is 0 Å². The molecular weight excluding hydrogens is 616 g/mol. The molecule has 1 saturated heterocycles. The summed E-state index contributed by atoms with van der Waals surface area (Å²) in [6, 6.07) is 0.0940. The summed E-state index contributed by atoms with van der Waals surface area (Å²) in [5.41, 5.74) is -0.874. The number of urea groups is 1. The second-order valence-electron chi connectivity index (χ2n) is 14.7. The van der Waals surface area contributed by atoms with Crippen LogP contribution in [0, 0.1) is 28.6 Å². The Bertz CT molecular complexity index is 1420. The van der Waals surface area contributed by atoms with Crippen molar-refractivity contribution in [2.45, 2.75) is 92.4 Å². The van der Waals surface area contributed by atoms with E-state index in [4.69, 9.17) is 4.74 Å². The van der Waals surface area contributed by atoms with E-state index in [9.17, 15) is 28.8 Å². The Labute approximate surface area is 283 Å². The first-order valence-electron chi connectivity index (χ1n) is 16.6. The molecule has 1 unspecified atom stereocenters. The molecule has 48 heavy (non-hydrogen) atoms. The van der Waals surface area contributed by atoms with Crippen molar-refractivity contribution < 1.29 is 33.5 Å². The minimum Gasteiger partial charge on any atom is -0.481 e. The maximum atomic E-state index is 14.3. The Hall–Kier alpha value is -4.29. The molecule has 2 fully saturated rings. The van der Waals surface area contributed by atoms with Gasteiger partial charge in [0.05, 0.1) is 19.2 Å². The van der Waals surface area contributed by atoms with Crippen molar-refractivity contribution in [1.29, 1.82) is 0 Å². The monoisotopic (exact) mass is 668 g/mol. The van der Waals surface area contributed by atoms with Gasteiger partial charge in [-0.1, -0.05) is 74.0 Å². The third-order valence-corrected chi connectivity index (χ3v) is 9.41. The number of ether oxygens (including phenoxy) is 1. The highest BCUT2D eigenvalue weighted by atomic mass is 16.5. The molecule has 13 heteroatoms. The predicted octanol–water partition coefficient (Wildman–Crippen LogP) is 2.65. The minimum absolute atomic E-state index is 0.0427. The molecule has 13 nitrogen and oxygen atoms in total. The molecule has 264 valence electrons. The second-order valence-corrected chi connectivity index (χ2v) is 14.7. The van der Waals surface area contributed by atoms with Crippen LogP contribution < -0.4 is 26.0 Å². The van der Waals surface area contributed by atoms with Gasteiger partial charge in [-0.05, 0) is 41.1 Å². The van der Waals surface area contributed by atoms with Crippen LogP contribution in [-0.2, 0) is 19.2 Å². The van der Waals surface area contributed by atoms with Gasteiger partial charge in [0.25, 0.3) is 5.91 Å². The van der Waals surface area contributed by atoms with E-state index in [0.717, 1.165) is 0 Å². The topological polar surface area (TPSA) is 176 Å². The van der Waals surface area contributed by atoms with E-state index >= 15 is 0 Å². The summed E-state index contributed by atoms with van der Waals surface area (Å²) in [5, 5.41) is 10.7. The lowest BCUT2D eigenvalue weighted by Gasteiger charge is -2.38. The van der Waals surface area contributed by atoms with E-state index < -0.39 is 64.9 Å². The number of hydrogen-bond acceptors (Lipinski definition) is 8. The van der Waals surface area contributed by atoms with E-state index in [0.29, 0.717) is 13.0 Å². The van der Waals surface area contributed by atoms with E-state index in [-0.39, 0.29) is 47.7 Å². The molecule has 1 aliphatic heterocycles. The zero-order chi connectivity index (χ0) is 36.1. The summed E-state index contributed by atoms with van der Waals surface area (Å²) in [6.45, 7) is 18.8. The van der Waals surface area contributed by atoms with Crippen molar-refractivity contribution >= 4 is 35.3 Å². The average Bonchev–Trinajstić information content (AvgIpc) is 3.34. The van der Waals surface area contributed by atoms with Crippen LogP contribution in [0.4, 0.5) is 4.79 Å². The van der Waals surface area contributed by atoms with Crippen molar-refractivity contribution in [3.8, 4) is 5.88 Å². The van der Waals surface area contributed by atoms with Crippen LogP contribution in [-0.4, -0.2) is 89.6 Å². The van der Waals surface area contributed by atoms with Crippen molar-refractivity contribution in [3.05, 3.63) is 36.5 Å². The number of Topliss-reactive ketones (excluding diaryl/α,β-unsaturated/α-hetero) is 2. The first-order chi connectivity index (χ1) is 22.4. The summed E-state index contributed by atoms with van der Waals surface area (Å²) in [5.74, 6) is -3.13. The van der Waals surface area contributed by atoms with Gasteiger partial charge in [0.1, 0.15) is 17.8 Å². The number of methoxy groups -OCH3 is 1. The highest BCUT2D eigenvalue weighted by Gasteiger charge is 2.70. The number of amides is 5. The molecule has 3 rings (SSSR count). The van der Waals surface area contributed by atoms with Gasteiger partial charge in [-0.2, -0.15) is 0 Å². The normalized spacial score (nSPS) is 21.2. The van der Waals surface area contributed by atoms with Gasteiger partial charge in [-0.25, -0.2) is 9.78 Å². The minimum atomic E-state index is -1.07. The Morgan fingerprint density at radius 3 is 2.33 bits per heavy atom. The molecule has 0 spiro atoms. The van der Waals surface area contributed by atoms with Crippen LogP contribution in [0.1, 0.15) is 78.7 Å². The number of aromatic nitrogens is 1. The Kier molecular flexibility index (Phi) is 12.2. The lowest BCUT2D eigenvalue weighted by atomic mass is 9.85. The summed E-state index contributed by atoms with van der Waals surface area (Å²) >= 11 is 0. The fraction of sp³-hybridized carbons (Fsp3) is 0.629. The van der Waals surface area contributed by atoms with Crippen LogP contribution in [0.5, 0.6) is 5.88 Å². The number of carbonyl (C=O) groups excluding carboxylic acids is 6. The van der Waals surface area contributed by atoms with Crippen molar-refractivity contribution in [3.63, 3.8) is 0 Å². The third kappa shape index (κ3) is 8.40. The van der Waals surface area contributed by atoms with Gasteiger partial charge in [0.2, 0.25) is 29.3 Å². The number of nitrogens with one attached hydrogen (secondary N) is 4. The lowest BCUT2D eigenvalue weighted by molar-refractivity contribution is -0.145. The second kappa shape index (κ2) is 15.3.